The first-order chi connectivity index (χ1) is 9.02. The van der Waals surface area contributed by atoms with E-state index in [0.717, 1.165) is 6.07 Å². The van der Waals surface area contributed by atoms with Gasteiger partial charge in [-0.1, -0.05) is 0 Å². The number of halogens is 2. The Hall–Kier alpha value is -1.88. The van der Waals surface area contributed by atoms with Gasteiger partial charge in [0.25, 0.3) is 0 Å². The van der Waals surface area contributed by atoms with Crippen molar-refractivity contribution >= 4 is 27.4 Å². The van der Waals surface area contributed by atoms with E-state index in [-0.39, 0.29) is 17.0 Å². The van der Waals surface area contributed by atoms with Gasteiger partial charge in [-0.05, 0) is 52.3 Å². The van der Waals surface area contributed by atoms with Crippen LogP contribution in [0, 0.1) is 5.82 Å². The van der Waals surface area contributed by atoms with Crippen molar-refractivity contribution in [2.45, 2.75) is 0 Å². The van der Waals surface area contributed by atoms with Crippen molar-refractivity contribution in [1.82, 2.24) is 0 Å². The third-order valence-electron chi connectivity index (χ3n) is 2.68. The lowest BCUT2D eigenvalue weighted by atomic mass is 10.0. The van der Waals surface area contributed by atoms with Crippen LogP contribution in [-0.4, -0.2) is 12.9 Å². The molecule has 3 nitrogen and oxygen atoms in total. The highest BCUT2D eigenvalue weighted by atomic mass is 79.9. The molecule has 0 aliphatic heterocycles. The third-order valence-corrected chi connectivity index (χ3v) is 3.34. The summed E-state index contributed by atoms with van der Waals surface area (Å²) in [7, 11) is 1.54. The van der Waals surface area contributed by atoms with Crippen LogP contribution >= 0.6 is 15.9 Å². The Morgan fingerprint density at radius 3 is 2.47 bits per heavy atom. The van der Waals surface area contributed by atoms with E-state index >= 15 is 0 Å². The smallest absolute Gasteiger partial charge is 0.196 e. The molecule has 5 heteroatoms. The maximum absolute atomic E-state index is 13.0. The number of hydrogen-bond acceptors (Lipinski definition) is 3. The Morgan fingerprint density at radius 1 is 1.21 bits per heavy atom. The van der Waals surface area contributed by atoms with Gasteiger partial charge in [0.15, 0.2) is 5.78 Å². The summed E-state index contributed by atoms with van der Waals surface area (Å²) in [6.07, 6.45) is 0. The first-order valence-corrected chi connectivity index (χ1v) is 6.25. The van der Waals surface area contributed by atoms with Gasteiger partial charge >= 0.3 is 0 Å². The van der Waals surface area contributed by atoms with Gasteiger partial charge < -0.3 is 10.5 Å². The first kappa shape index (κ1) is 13.5. The number of ketones is 1. The monoisotopic (exact) mass is 323 g/mol. The maximum atomic E-state index is 13.0. The summed E-state index contributed by atoms with van der Waals surface area (Å²) in [6, 6.07) is 8.72. The molecule has 19 heavy (non-hydrogen) atoms. The zero-order valence-electron chi connectivity index (χ0n) is 10.1. The van der Waals surface area contributed by atoms with E-state index in [1.165, 1.54) is 12.1 Å². The summed E-state index contributed by atoms with van der Waals surface area (Å²) in [4.78, 5) is 12.3. The zero-order chi connectivity index (χ0) is 14.0. The molecule has 0 saturated carbocycles. The summed E-state index contributed by atoms with van der Waals surface area (Å²) in [5, 5.41) is 0. The minimum absolute atomic E-state index is 0.118. The quantitative estimate of drug-likeness (QED) is 0.695. The number of benzene rings is 2. The highest BCUT2D eigenvalue weighted by Gasteiger charge is 2.16. The number of methoxy groups -OCH3 is 1. The summed E-state index contributed by atoms with van der Waals surface area (Å²) < 4.78 is 18.6. The second-order valence-corrected chi connectivity index (χ2v) is 4.76. The number of carbonyl (C=O) groups excluding carboxylic acids is 1. The molecule has 2 aromatic rings. The van der Waals surface area contributed by atoms with E-state index in [1.54, 1.807) is 25.3 Å². The fourth-order valence-corrected chi connectivity index (χ4v) is 2.23. The van der Waals surface area contributed by atoms with Crippen LogP contribution in [0.15, 0.2) is 40.9 Å². The molecule has 0 aromatic heterocycles. The van der Waals surface area contributed by atoms with E-state index < -0.39 is 5.82 Å². The maximum Gasteiger partial charge on any atom is 0.196 e. The van der Waals surface area contributed by atoms with Crippen LogP contribution in [0.3, 0.4) is 0 Å². The summed E-state index contributed by atoms with van der Waals surface area (Å²) in [5.74, 6) is -0.106. The topological polar surface area (TPSA) is 52.3 Å². The number of nitrogen functional groups attached to an aromatic ring is 1. The van der Waals surface area contributed by atoms with Crippen molar-refractivity contribution in [3.63, 3.8) is 0 Å². The lowest BCUT2D eigenvalue weighted by Gasteiger charge is -2.08. The highest BCUT2D eigenvalue weighted by molar-refractivity contribution is 9.10. The highest BCUT2D eigenvalue weighted by Crippen LogP contribution is 2.26. The van der Waals surface area contributed by atoms with E-state index in [9.17, 15) is 9.18 Å². The lowest BCUT2D eigenvalue weighted by molar-refractivity contribution is 0.103. The molecule has 0 atom stereocenters. The summed E-state index contributed by atoms with van der Waals surface area (Å²) >= 11 is 3.31. The number of ether oxygens (including phenoxy) is 1. The summed E-state index contributed by atoms with van der Waals surface area (Å²) in [6.45, 7) is 0. The lowest BCUT2D eigenvalue weighted by Crippen LogP contribution is -2.06. The van der Waals surface area contributed by atoms with Crippen molar-refractivity contribution in [3.8, 4) is 5.75 Å². The van der Waals surface area contributed by atoms with Crippen molar-refractivity contribution in [3.05, 3.63) is 57.8 Å². The minimum atomic E-state index is -0.470. The SMILES string of the molecule is COc1ccc(C(=O)c2ccc(F)cc2N)c(Br)c1. The van der Waals surface area contributed by atoms with Gasteiger partial charge in [0.05, 0.1) is 7.11 Å². The predicted octanol–water partition coefficient (Wildman–Crippen LogP) is 3.41. The molecule has 0 radical (unpaired) electrons. The van der Waals surface area contributed by atoms with Crippen LogP contribution < -0.4 is 10.5 Å². The van der Waals surface area contributed by atoms with Crippen LogP contribution in [0.25, 0.3) is 0 Å². The van der Waals surface area contributed by atoms with E-state index in [2.05, 4.69) is 15.9 Å². The Kier molecular flexibility index (Phi) is 3.85. The number of carbonyl (C=O) groups is 1. The average molecular weight is 324 g/mol. The standard InChI is InChI=1S/C14H11BrFNO2/c1-19-9-3-5-10(12(15)7-9)14(18)11-4-2-8(16)6-13(11)17/h2-7H,17H2,1H3. The predicted molar refractivity (Wildman–Crippen MR) is 74.9 cm³/mol. The van der Waals surface area contributed by atoms with Gasteiger partial charge in [-0.2, -0.15) is 0 Å². The molecule has 2 rings (SSSR count). The van der Waals surface area contributed by atoms with Crippen molar-refractivity contribution in [1.29, 1.82) is 0 Å². The number of anilines is 1. The van der Waals surface area contributed by atoms with Gasteiger partial charge in [-0.15, -0.1) is 0 Å². The van der Waals surface area contributed by atoms with Crippen molar-refractivity contribution < 1.29 is 13.9 Å². The Morgan fingerprint density at radius 2 is 1.89 bits per heavy atom. The fraction of sp³-hybridized carbons (Fsp3) is 0.0714. The molecule has 0 aliphatic carbocycles. The van der Waals surface area contributed by atoms with Crippen LogP contribution in [-0.2, 0) is 0 Å². The second kappa shape index (κ2) is 5.40. The van der Waals surface area contributed by atoms with Gasteiger partial charge in [0.2, 0.25) is 0 Å². The third kappa shape index (κ3) is 2.76. The molecule has 0 fully saturated rings. The molecule has 0 aliphatic rings. The molecule has 2 aromatic carbocycles. The normalized spacial score (nSPS) is 10.3. The molecule has 0 amide bonds. The molecule has 2 N–H and O–H groups in total. The van der Waals surface area contributed by atoms with Crippen LogP contribution in [0.4, 0.5) is 10.1 Å². The van der Waals surface area contributed by atoms with Gasteiger partial charge in [0.1, 0.15) is 11.6 Å². The fourth-order valence-electron chi connectivity index (χ4n) is 1.69. The largest absolute Gasteiger partial charge is 0.497 e. The molecule has 0 spiro atoms. The molecule has 0 saturated heterocycles. The van der Waals surface area contributed by atoms with Crippen LogP contribution in [0.2, 0.25) is 0 Å². The first-order valence-electron chi connectivity index (χ1n) is 5.46. The molecule has 98 valence electrons. The van der Waals surface area contributed by atoms with Gasteiger partial charge in [-0.3, -0.25) is 4.79 Å². The molecule has 0 heterocycles. The Labute approximate surface area is 118 Å². The number of hydrogen-bond donors (Lipinski definition) is 1. The summed E-state index contributed by atoms with van der Waals surface area (Å²) in [5.41, 5.74) is 6.50. The van der Waals surface area contributed by atoms with E-state index in [0.29, 0.717) is 15.8 Å². The Balaban J connectivity index is 2.44. The number of rotatable bonds is 3. The van der Waals surface area contributed by atoms with Crippen LogP contribution in [0.5, 0.6) is 5.75 Å². The number of nitrogens with two attached hydrogens (primary N) is 1. The molecular weight excluding hydrogens is 313 g/mol. The van der Waals surface area contributed by atoms with E-state index in [1.807, 2.05) is 0 Å². The van der Waals surface area contributed by atoms with Gasteiger partial charge in [0, 0.05) is 21.3 Å². The average Bonchev–Trinajstić information content (AvgIpc) is 2.37. The Bertz CT molecular complexity index is 643. The molecule has 0 bridgehead atoms. The zero-order valence-corrected chi connectivity index (χ0v) is 11.7. The van der Waals surface area contributed by atoms with E-state index in [4.69, 9.17) is 10.5 Å². The van der Waals surface area contributed by atoms with Crippen molar-refractivity contribution in [2.24, 2.45) is 0 Å². The molecular formula is C14H11BrFNO2. The molecule has 0 unspecified atom stereocenters. The minimum Gasteiger partial charge on any atom is -0.497 e. The second-order valence-electron chi connectivity index (χ2n) is 3.91. The van der Waals surface area contributed by atoms with Crippen LogP contribution in [0.1, 0.15) is 15.9 Å². The van der Waals surface area contributed by atoms with Crippen molar-refractivity contribution in [2.75, 3.05) is 12.8 Å². The van der Waals surface area contributed by atoms with Gasteiger partial charge in [-0.25, -0.2) is 4.39 Å².